The Hall–Kier alpha value is -1.10. The van der Waals surface area contributed by atoms with Gasteiger partial charge in [-0.2, -0.15) is 0 Å². The fraction of sp³-hybridized carbons (Fsp3) is 0.875. The molecule has 0 aromatic rings. The first-order valence-corrected chi connectivity index (χ1v) is 8.28. The lowest BCUT2D eigenvalue weighted by atomic mass is 10.0. The lowest BCUT2D eigenvalue weighted by Gasteiger charge is -2.24. The number of hydrogen-bond acceptors (Lipinski definition) is 3. The molecular weight excluding hydrogens is 268 g/mol. The number of nitrogens with one attached hydrogen (secondary N) is 1. The Kier molecular flexibility index (Phi) is 5.62. The van der Waals surface area contributed by atoms with Gasteiger partial charge < -0.3 is 15.3 Å². The number of hydrogen-bond donors (Lipinski definition) is 2. The molecule has 0 radical (unpaired) electrons. The largest absolute Gasteiger partial charge is 0.393 e. The van der Waals surface area contributed by atoms with Crippen LogP contribution in [0.25, 0.3) is 0 Å². The summed E-state index contributed by atoms with van der Waals surface area (Å²) in [6.45, 7) is 5.24. The minimum Gasteiger partial charge on any atom is -0.393 e. The predicted octanol–water partition coefficient (Wildman–Crippen LogP) is 1.30. The SMILES string of the molecule is CCCC(C)N1CC(C(=O)NCC2CCCC2O)CC1=O. The third-order valence-electron chi connectivity index (χ3n) is 4.93. The van der Waals surface area contributed by atoms with Crippen LogP contribution in [0, 0.1) is 11.8 Å². The Labute approximate surface area is 127 Å². The maximum Gasteiger partial charge on any atom is 0.225 e. The highest BCUT2D eigenvalue weighted by Crippen LogP contribution is 2.25. The number of rotatable bonds is 6. The summed E-state index contributed by atoms with van der Waals surface area (Å²) in [6.07, 6.45) is 4.92. The summed E-state index contributed by atoms with van der Waals surface area (Å²) in [5.74, 6) is 0.0159. The van der Waals surface area contributed by atoms with Crippen molar-refractivity contribution in [1.82, 2.24) is 10.2 Å². The first-order valence-electron chi connectivity index (χ1n) is 8.28. The summed E-state index contributed by atoms with van der Waals surface area (Å²) in [6, 6.07) is 0.219. The fourth-order valence-corrected chi connectivity index (χ4v) is 3.54. The van der Waals surface area contributed by atoms with Gasteiger partial charge in [-0.3, -0.25) is 9.59 Å². The van der Waals surface area contributed by atoms with E-state index >= 15 is 0 Å². The molecule has 5 nitrogen and oxygen atoms in total. The summed E-state index contributed by atoms with van der Waals surface area (Å²) >= 11 is 0. The average molecular weight is 296 g/mol. The number of carbonyl (C=O) groups excluding carboxylic acids is 2. The van der Waals surface area contributed by atoms with Gasteiger partial charge in [-0.05, 0) is 26.2 Å². The number of aliphatic hydroxyl groups excluding tert-OH is 1. The molecule has 2 aliphatic rings. The number of amides is 2. The van der Waals surface area contributed by atoms with Crippen LogP contribution < -0.4 is 5.32 Å². The lowest BCUT2D eigenvalue weighted by Crippen LogP contribution is -2.39. The second kappa shape index (κ2) is 7.25. The molecule has 2 N–H and O–H groups in total. The zero-order valence-corrected chi connectivity index (χ0v) is 13.2. The number of carbonyl (C=O) groups is 2. The van der Waals surface area contributed by atoms with Gasteiger partial charge >= 0.3 is 0 Å². The standard InChI is InChI=1S/C16H28N2O3/c1-3-5-11(2)18-10-13(8-15(18)20)16(21)17-9-12-6-4-7-14(12)19/h11-14,19H,3-10H2,1-2H3,(H,17,21). The van der Waals surface area contributed by atoms with Gasteiger partial charge in [0.25, 0.3) is 0 Å². The molecular formula is C16H28N2O3. The summed E-state index contributed by atoms with van der Waals surface area (Å²) in [7, 11) is 0. The van der Waals surface area contributed by atoms with E-state index in [0.29, 0.717) is 19.5 Å². The quantitative estimate of drug-likeness (QED) is 0.776. The summed E-state index contributed by atoms with van der Waals surface area (Å²) in [4.78, 5) is 26.1. The molecule has 1 saturated carbocycles. The number of aliphatic hydroxyl groups is 1. The second-order valence-corrected chi connectivity index (χ2v) is 6.59. The van der Waals surface area contributed by atoms with Gasteiger partial charge in [0, 0.05) is 31.5 Å². The smallest absolute Gasteiger partial charge is 0.225 e. The van der Waals surface area contributed by atoms with Crippen LogP contribution in [0.4, 0.5) is 0 Å². The Balaban J connectivity index is 1.79. The van der Waals surface area contributed by atoms with Crippen molar-refractivity contribution in [1.29, 1.82) is 0 Å². The average Bonchev–Trinajstić information content (AvgIpc) is 3.02. The highest BCUT2D eigenvalue weighted by atomic mass is 16.3. The van der Waals surface area contributed by atoms with Crippen LogP contribution >= 0.6 is 0 Å². The van der Waals surface area contributed by atoms with Crippen molar-refractivity contribution in [3.8, 4) is 0 Å². The molecule has 1 aliphatic carbocycles. The first kappa shape index (κ1) is 16.3. The van der Waals surface area contributed by atoms with E-state index in [1.165, 1.54) is 0 Å². The number of nitrogens with zero attached hydrogens (tertiary/aromatic N) is 1. The zero-order valence-electron chi connectivity index (χ0n) is 13.2. The third kappa shape index (κ3) is 3.96. The highest BCUT2D eigenvalue weighted by molar-refractivity contribution is 5.89. The Morgan fingerprint density at radius 1 is 1.48 bits per heavy atom. The van der Waals surface area contributed by atoms with Gasteiger partial charge in [0.05, 0.1) is 12.0 Å². The van der Waals surface area contributed by atoms with E-state index in [1.807, 2.05) is 4.90 Å². The van der Waals surface area contributed by atoms with Gasteiger partial charge in [0.15, 0.2) is 0 Å². The molecule has 120 valence electrons. The topological polar surface area (TPSA) is 69.6 Å². The minimum atomic E-state index is -0.281. The first-order chi connectivity index (χ1) is 10.0. The molecule has 21 heavy (non-hydrogen) atoms. The molecule has 1 aliphatic heterocycles. The van der Waals surface area contributed by atoms with E-state index in [9.17, 15) is 14.7 Å². The van der Waals surface area contributed by atoms with Gasteiger partial charge in [-0.15, -0.1) is 0 Å². The van der Waals surface area contributed by atoms with Crippen LogP contribution in [0.1, 0.15) is 52.4 Å². The summed E-state index contributed by atoms with van der Waals surface area (Å²) in [5, 5.41) is 12.7. The van der Waals surface area contributed by atoms with Crippen molar-refractivity contribution in [2.45, 2.75) is 64.5 Å². The molecule has 4 unspecified atom stereocenters. The molecule has 0 bridgehead atoms. The van der Waals surface area contributed by atoms with Gasteiger partial charge in [-0.1, -0.05) is 19.8 Å². The second-order valence-electron chi connectivity index (χ2n) is 6.59. The van der Waals surface area contributed by atoms with Crippen LogP contribution in [0.15, 0.2) is 0 Å². The van der Waals surface area contributed by atoms with Crippen LogP contribution in [-0.4, -0.2) is 47.1 Å². The predicted molar refractivity (Wildman–Crippen MR) is 80.5 cm³/mol. The van der Waals surface area contributed by atoms with Crippen molar-refractivity contribution in [3.63, 3.8) is 0 Å². The molecule has 5 heteroatoms. The van der Waals surface area contributed by atoms with E-state index < -0.39 is 0 Å². The maximum absolute atomic E-state index is 12.2. The third-order valence-corrected chi connectivity index (χ3v) is 4.93. The summed E-state index contributed by atoms with van der Waals surface area (Å²) in [5.41, 5.74) is 0. The Morgan fingerprint density at radius 2 is 2.24 bits per heavy atom. The van der Waals surface area contributed by atoms with E-state index in [2.05, 4.69) is 19.2 Å². The van der Waals surface area contributed by atoms with Crippen LogP contribution in [0.2, 0.25) is 0 Å². The van der Waals surface area contributed by atoms with Crippen molar-refractivity contribution in [3.05, 3.63) is 0 Å². The Morgan fingerprint density at radius 3 is 2.86 bits per heavy atom. The van der Waals surface area contributed by atoms with E-state index in [1.54, 1.807) is 0 Å². The van der Waals surface area contributed by atoms with Gasteiger partial charge in [0.2, 0.25) is 11.8 Å². The van der Waals surface area contributed by atoms with Crippen molar-refractivity contribution >= 4 is 11.8 Å². The summed E-state index contributed by atoms with van der Waals surface area (Å²) < 4.78 is 0. The number of likely N-dealkylation sites (tertiary alicyclic amines) is 1. The molecule has 1 heterocycles. The highest BCUT2D eigenvalue weighted by Gasteiger charge is 2.36. The molecule has 2 rings (SSSR count). The van der Waals surface area contributed by atoms with Crippen molar-refractivity contribution in [2.24, 2.45) is 11.8 Å². The molecule has 0 aromatic heterocycles. The van der Waals surface area contributed by atoms with Crippen molar-refractivity contribution in [2.75, 3.05) is 13.1 Å². The molecule has 2 fully saturated rings. The van der Waals surface area contributed by atoms with Gasteiger partial charge in [-0.25, -0.2) is 0 Å². The van der Waals surface area contributed by atoms with E-state index in [4.69, 9.17) is 0 Å². The van der Waals surface area contributed by atoms with Gasteiger partial charge in [0.1, 0.15) is 0 Å². The minimum absolute atomic E-state index is 0.0337. The molecule has 0 aromatic carbocycles. The molecule has 0 spiro atoms. The van der Waals surface area contributed by atoms with E-state index in [-0.39, 0.29) is 35.8 Å². The fourth-order valence-electron chi connectivity index (χ4n) is 3.54. The lowest BCUT2D eigenvalue weighted by molar-refractivity contribution is -0.130. The van der Waals surface area contributed by atoms with Crippen LogP contribution in [-0.2, 0) is 9.59 Å². The van der Waals surface area contributed by atoms with E-state index in [0.717, 1.165) is 32.1 Å². The molecule has 2 amide bonds. The van der Waals surface area contributed by atoms with Crippen molar-refractivity contribution < 1.29 is 14.7 Å². The monoisotopic (exact) mass is 296 g/mol. The zero-order chi connectivity index (χ0) is 15.4. The van der Waals surface area contributed by atoms with Crippen LogP contribution in [0.5, 0.6) is 0 Å². The molecule has 1 saturated heterocycles. The normalized spacial score (nSPS) is 30.7. The maximum atomic E-state index is 12.2. The van der Waals surface area contributed by atoms with Crippen LogP contribution in [0.3, 0.4) is 0 Å². The molecule has 4 atom stereocenters. The Bertz CT molecular complexity index is 386.